The lowest BCUT2D eigenvalue weighted by Crippen LogP contribution is -2.32. The largest absolute Gasteiger partial charge is 0.318 e. The van der Waals surface area contributed by atoms with E-state index in [0.717, 1.165) is 11.3 Å². The average molecular weight is 262 g/mol. The lowest BCUT2D eigenvalue weighted by atomic mass is 10.4. The number of nitrogens with zero attached hydrogens (tertiary/aromatic N) is 1. The molecule has 1 N–H and O–H groups in total. The zero-order valence-electron chi connectivity index (χ0n) is 9.86. The fourth-order valence-corrected chi connectivity index (χ4v) is 3.91. The molecular formula is C10H18N2O2S2. The second-order valence-corrected chi connectivity index (χ2v) is 6.94. The van der Waals surface area contributed by atoms with E-state index in [2.05, 4.69) is 5.32 Å². The summed E-state index contributed by atoms with van der Waals surface area (Å²) >= 11 is 1.35. The molecule has 6 heteroatoms. The Balaban J connectivity index is 2.84. The zero-order chi connectivity index (χ0) is 12.2. The van der Waals surface area contributed by atoms with Gasteiger partial charge in [0.15, 0.2) is 0 Å². The average Bonchev–Trinajstić information content (AvgIpc) is 2.74. The number of hydrogen-bond acceptors (Lipinski definition) is 4. The van der Waals surface area contributed by atoms with E-state index < -0.39 is 10.0 Å². The predicted molar refractivity (Wildman–Crippen MR) is 67.4 cm³/mol. The first-order valence-electron chi connectivity index (χ1n) is 5.22. The minimum Gasteiger partial charge on any atom is -0.318 e. The highest BCUT2D eigenvalue weighted by Crippen LogP contribution is 2.24. The fourth-order valence-electron chi connectivity index (χ4n) is 1.23. The molecule has 0 unspecified atom stereocenters. The molecule has 0 aliphatic rings. The summed E-state index contributed by atoms with van der Waals surface area (Å²) in [4.78, 5) is 1.10. The van der Waals surface area contributed by atoms with Crippen molar-refractivity contribution < 1.29 is 8.42 Å². The molecule has 4 nitrogen and oxygen atoms in total. The van der Waals surface area contributed by atoms with Crippen molar-refractivity contribution in [1.82, 2.24) is 9.62 Å². The molecule has 0 saturated carbocycles. The summed E-state index contributed by atoms with van der Waals surface area (Å²) in [6.45, 7) is 3.16. The molecule has 92 valence electrons. The molecule has 0 atom stereocenters. The van der Waals surface area contributed by atoms with Crippen LogP contribution in [0.2, 0.25) is 0 Å². The third-order valence-electron chi connectivity index (χ3n) is 2.33. The topological polar surface area (TPSA) is 49.4 Å². The van der Waals surface area contributed by atoms with E-state index in [0.29, 0.717) is 17.3 Å². The van der Waals surface area contributed by atoms with Gasteiger partial charge in [0, 0.05) is 25.0 Å². The van der Waals surface area contributed by atoms with Gasteiger partial charge in [-0.15, -0.1) is 11.3 Å². The van der Waals surface area contributed by atoms with Gasteiger partial charge >= 0.3 is 0 Å². The van der Waals surface area contributed by atoms with Crippen LogP contribution in [0.1, 0.15) is 11.8 Å². The van der Waals surface area contributed by atoms with Crippen molar-refractivity contribution in [3.8, 4) is 0 Å². The summed E-state index contributed by atoms with van der Waals surface area (Å²) < 4.78 is 26.0. The van der Waals surface area contributed by atoms with Crippen molar-refractivity contribution in [1.29, 1.82) is 0 Å². The van der Waals surface area contributed by atoms with Crippen LogP contribution in [0.15, 0.2) is 16.3 Å². The molecule has 0 fully saturated rings. The number of hydrogen-bond donors (Lipinski definition) is 1. The van der Waals surface area contributed by atoms with Gasteiger partial charge in [-0.25, -0.2) is 8.42 Å². The quantitative estimate of drug-likeness (QED) is 0.836. The minimum atomic E-state index is -3.29. The van der Waals surface area contributed by atoms with Crippen molar-refractivity contribution >= 4 is 21.4 Å². The first kappa shape index (κ1) is 13.6. The van der Waals surface area contributed by atoms with Crippen molar-refractivity contribution in [3.05, 3.63) is 17.0 Å². The molecule has 1 rings (SSSR count). The Morgan fingerprint density at radius 2 is 2.12 bits per heavy atom. The van der Waals surface area contributed by atoms with E-state index >= 15 is 0 Å². The molecule has 1 aromatic heterocycles. The summed E-state index contributed by atoms with van der Waals surface area (Å²) in [5.74, 6) is 0. The molecule has 16 heavy (non-hydrogen) atoms. The predicted octanol–water partition coefficient (Wildman–Crippen LogP) is 1.15. The van der Waals surface area contributed by atoms with Gasteiger partial charge in [0.1, 0.15) is 4.21 Å². The second kappa shape index (κ2) is 5.77. The fraction of sp³-hybridized carbons (Fsp3) is 0.600. The Bertz CT molecular complexity index is 426. The SMILES string of the molecule is CCc1ccc(S(=O)(=O)N(C)CCNC)s1. The summed E-state index contributed by atoms with van der Waals surface area (Å²) in [5, 5.41) is 2.94. The normalized spacial score (nSPS) is 12.2. The van der Waals surface area contributed by atoms with Gasteiger partial charge < -0.3 is 5.32 Å². The standard InChI is InChI=1S/C10H18N2O2S2/c1-4-9-5-6-10(15-9)16(13,14)12(3)8-7-11-2/h5-6,11H,4,7-8H2,1-3H3. The van der Waals surface area contributed by atoms with Gasteiger partial charge in [-0.05, 0) is 25.6 Å². The molecule has 0 saturated heterocycles. The highest BCUT2D eigenvalue weighted by atomic mass is 32.2. The first-order chi connectivity index (χ1) is 7.52. The number of sulfonamides is 1. The Morgan fingerprint density at radius 3 is 2.62 bits per heavy atom. The molecule has 0 aliphatic carbocycles. The van der Waals surface area contributed by atoms with Crippen LogP contribution < -0.4 is 5.32 Å². The highest BCUT2D eigenvalue weighted by molar-refractivity contribution is 7.91. The first-order valence-corrected chi connectivity index (χ1v) is 7.47. The summed E-state index contributed by atoms with van der Waals surface area (Å²) in [6.07, 6.45) is 0.875. The number of likely N-dealkylation sites (N-methyl/N-ethyl adjacent to an activating group) is 2. The lowest BCUT2D eigenvalue weighted by molar-refractivity contribution is 0.467. The van der Waals surface area contributed by atoms with Crippen molar-refractivity contribution in [2.24, 2.45) is 0 Å². The van der Waals surface area contributed by atoms with E-state index in [1.54, 1.807) is 20.2 Å². The van der Waals surface area contributed by atoms with Crippen molar-refractivity contribution in [2.75, 3.05) is 27.2 Å². The molecule has 0 aliphatic heterocycles. The third-order valence-corrected chi connectivity index (χ3v) is 5.88. The maximum atomic E-state index is 12.1. The maximum absolute atomic E-state index is 12.1. The van der Waals surface area contributed by atoms with E-state index in [1.165, 1.54) is 15.6 Å². The Labute approximate surface area is 101 Å². The van der Waals surface area contributed by atoms with Gasteiger partial charge in [0.25, 0.3) is 10.0 Å². The third kappa shape index (κ3) is 3.04. The monoisotopic (exact) mass is 262 g/mol. The van der Waals surface area contributed by atoms with Crippen LogP contribution in [-0.4, -0.2) is 39.9 Å². The molecule has 0 bridgehead atoms. The Kier molecular flexibility index (Phi) is 4.91. The van der Waals surface area contributed by atoms with Crippen LogP contribution >= 0.6 is 11.3 Å². The van der Waals surface area contributed by atoms with Crippen LogP contribution in [-0.2, 0) is 16.4 Å². The van der Waals surface area contributed by atoms with E-state index in [4.69, 9.17) is 0 Å². The minimum absolute atomic E-state index is 0.433. The van der Waals surface area contributed by atoms with Crippen LogP contribution in [0, 0.1) is 0 Å². The molecule has 1 aromatic rings. The van der Waals surface area contributed by atoms with Gasteiger partial charge in [-0.1, -0.05) is 6.92 Å². The number of aryl methyl sites for hydroxylation is 1. The summed E-state index contributed by atoms with van der Waals surface area (Å²) in [7, 11) is 0.127. The smallest absolute Gasteiger partial charge is 0.252 e. The molecule has 1 heterocycles. The van der Waals surface area contributed by atoms with Crippen LogP contribution in [0.3, 0.4) is 0 Å². The van der Waals surface area contributed by atoms with Crippen molar-refractivity contribution in [3.63, 3.8) is 0 Å². The van der Waals surface area contributed by atoms with E-state index in [-0.39, 0.29) is 0 Å². The highest BCUT2D eigenvalue weighted by Gasteiger charge is 2.21. The molecule has 0 aromatic carbocycles. The molecule has 0 amide bonds. The van der Waals surface area contributed by atoms with Crippen molar-refractivity contribution in [2.45, 2.75) is 17.6 Å². The molecular weight excluding hydrogens is 244 g/mol. The maximum Gasteiger partial charge on any atom is 0.252 e. The summed E-state index contributed by atoms with van der Waals surface area (Å²) in [5.41, 5.74) is 0. The van der Waals surface area contributed by atoms with E-state index in [1.807, 2.05) is 13.0 Å². The van der Waals surface area contributed by atoms with Gasteiger partial charge in [-0.3, -0.25) is 0 Å². The van der Waals surface area contributed by atoms with Crippen LogP contribution in [0.4, 0.5) is 0 Å². The number of thiophene rings is 1. The van der Waals surface area contributed by atoms with Gasteiger partial charge in [0.05, 0.1) is 0 Å². The van der Waals surface area contributed by atoms with Gasteiger partial charge in [-0.2, -0.15) is 4.31 Å². The Morgan fingerprint density at radius 1 is 1.44 bits per heavy atom. The van der Waals surface area contributed by atoms with Crippen LogP contribution in [0.25, 0.3) is 0 Å². The lowest BCUT2D eigenvalue weighted by Gasteiger charge is -2.15. The Hall–Kier alpha value is -0.430. The second-order valence-electron chi connectivity index (χ2n) is 3.50. The number of nitrogens with one attached hydrogen (secondary N) is 1. The van der Waals surface area contributed by atoms with E-state index in [9.17, 15) is 8.42 Å². The number of rotatable bonds is 6. The molecule has 0 spiro atoms. The molecule has 0 radical (unpaired) electrons. The van der Waals surface area contributed by atoms with Crippen LogP contribution in [0.5, 0.6) is 0 Å². The van der Waals surface area contributed by atoms with Gasteiger partial charge in [0.2, 0.25) is 0 Å². The summed E-state index contributed by atoms with van der Waals surface area (Å²) in [6, 6.07) is 3.57. The zero-order valence-corrected chi connectivity index (χ0v) is 11.5.